The molecule has 2 aliphatic rings. The molecule has 25 heavy (non-hydrogen) atoms. The molecule has 4 rings (SSSR count). The number of fused-ring (bicyclic) bond motifs is 2. The first kappa shape index (κ1) is 16.2. The fraction of sp³-hybridized carbons (Fsp3) is 0.409. The van der Waals surface area contributed by atoms with Crippen LogP contribution in [0.15, 0.2) is 42.5 Å². The van der Waals surface area contributed by atoms with Gasteiger partial charge in [-0.15, -0.1) is 0 Å². The molecule has 0 saturated carbocycles. The maximum absolute atomic E-state index is 13.1. The number of anilines is 1. The summed E-state index contributed by atoms with van der Waals surface area (Å²) in [5.41, 5.74) is 4.95. The van der Waals surface area contributed by atoms with Gasteiger partial charge in [-0.25, -0.2) is 0 Å². The first-order chi connectivity index (χ1) is 12.1. The lowest BCUT2D eigenvalue weighted by molar-refractivity contribution is -0.124. The summed E-state index contributed by atoms with van der Waals surface area (Å²) in [7, 11) is 0. The Kier molecular flexibility index (Phi) is 4.24. The maximum atomic E-state index is 13.1. The topological polar surface area (TPSA) is 29.5 Å². The van der Waals surface area contributed by atoms with E-state index in [-0.39, 0.29) is 11.9 Å². The van der Waals surface area contributed by atoms with Crippen molar-refractivity contribution in [2.45, 2.75) is 58.1 Å². The molecule has 1 aliphatic heterocycles. The van der Waals surface area contributed by atoms with Crippen LogP contribution >= 0.6 is 0 Å². The van der Waals surface area contributed by atoms with Crippen LogP contribution in [-0.2, 0) is 24.1 Å². The highest BCUT2D eigenvalue weighted by molar-refractivity contribution is 5.99. The summed E-state index contributed by atoms with van der Waals surface area (Å²) < 4.78 is 6.16. The molecule has 3 heteroatoms. The Morgan fingerprint density at radius 2 is 1.84 bits per heavy atom. The van der Waals surface area contributed by atoms with Crippen LogP contribution < -0.4 is 9.64 Å². The van der Waals surface area contributed by atoms with Crippen molar-refractivity contribution < 1.29 is 9.53 Å². The maximum Gasteiger partial charge on any atom is 0.268 e. The van der Waals surface area contributed by atoms with Gasteiger partial charge in [0.15, 0.2) is 6.10 Å². The van der Waals surface area contributed by atoms with E-state index >= 15 is 0 Å². The number of rotatable bonds is 3. The average molecular weight is 335 g/mol. The summed E-state index contributed by atoms with van der Waals surface area (Å²) in [6, 6.07) is 14.6. The fourth-order valence-corrected chi connectivity index (χ4v) is 4.19. The Hall–Kier alpha value is -2.29. The van der Waals surface area contributed by atoms with Crippen molar-refractivity contribution in [2.24, 2.45) is 0 Å². The smallest absolute Gasteiger partial charge is 0.268 e. The van der Waals surface area contributed by atoms with Gasteiger partial charge in [0.25, 0.3) is 5.91 Å². The molecule has 3 nitrogen and oxygen atoms in total. The second kappa shape index (κ2) is 6.55. The molecule has 1 aliphatic carbocycles. The Balaban J connectivity index is 1.56. The van der Waals surface area contributed by atoms with Crippen molar-refractivity contribution in [3.63, 3.8) is 0 Å². The molecule has 0 bridgehead atoms. The van der Waals surface area contributed by atoms with E-state index < -0.39 is 6.10 Å². The van der Waals surface area contributed by atoms with Crippen LogP contribution in [0.2, 0.25) is 0 Å². The van der Waals surface area contributed by atoms with Crippen molar-refractivity contribution >= 4 is 11.6 Å². The van der Waals surface area contributed by atoms with Crippen molar-refractivity contribution in [3.05, 3.63) is 59.2 Å². The van der Waals surface area contributed by atoms with E-state index in [1.54, 1.807) is 0 Å². The first-order valence-electron chi connectivity index (χ1n) is 9.33. The van der Waals surface area contributed by atoms with E-state index in [1.807, 2.05) is 42.2 Å². The summed E-state index contributed by atoms with van der Waals surface area (Å²) in [5, 5.41) is 0. The largest absolute Gasteiger partial charge is 0.481 e. The zero-order valence-electron chi connectivity index (χ0n) is 15.0. The molecule has 130 valence electrons. The minimum atomic E-state index is -0.484. The van der Waals surface area contributed by atoms with Crippen molar-refractivity contribution in [1.29, 1.82) is 0 Å². The van der Waals surface area contributed by atoms with Gasteiger partial charge in [-0.3, -0.25) is 4.79 Å². The number of hydrogen-bond acceptors (Lipinski definition) is 2. The zero-order chi connectivity index (χ0) is 17.4. The molecule has 0 aromatic heterocycles. The van der Waals surface area contributed by atoms with Gasteiger partial charge in [0.2, 0.25) is 0 Å². The Morgan fingerprint density at radius 3 is 2.72 bits per heavy atom. The average Bonchev–Trinajstić information content (AvgIpc) is 2.97. The molecule has 0 saturated heterocycles. The normalized spacial score (nSPS) is 19.9. The number of nitrogens with zero attached hydrogens (tertiary/aromatic N) is 1. The van der Waals surface area contributed by atoms with Gasteiger partial charge in [-0.2, -0.15) is 0 Å². The summed E-state index contributed by atoms with van der Waals surface area (Å²) in [4.78, 5) is 15.0. The molecule has 1 amide bonds. The summed E-state index contributed by atoms with van der Waals surface area (Å²) >= 11 is 0. The summed E-state index contributed by atoms with van der Waals surface area (Å²) in [6.07, 6.45) is 5.04. The van der Waals surface area contributed by atoms with E-state index in [1.165, 1.54) is 29.5 Å². The SMILES string of the molecule is C[C@H](Oc1cccc2c1CCCC2)C(=O)N1c2ccccc2C[C@H]1C. The lowest BCUT2D eigenvalue weighted by atomic mass is 9.91. The van der Waals surface area contributed by atoms with E-state index in [0.717, 1.165) is 30.7 Å². The standard InChI is InChI=1S/C22H25NO2/c1-15-14-18-9-4-6-12-20(18)23(15)22(24)16(2)25-21-13-7-10-17-8-3-5-11-19(17)21/h4,6-7,9-10,12-13,15-16H,3,5,8,11,14H2,1-2H3/t15-,16+/m1/s1. The molecule has 0 radical (unpaired) electrons. The van der Waals surface area contributed by atoms with E-state index in [9.17, 15) is 4.79 Å². The van der Waals surface area contributed by atoms with Crippen LogP contribution in [0.5, 0.6) is 5.75 Å². The molecule has 2 atom stereocenters. The van der Waals surface area contributed by atoms with Gasteiger partial charge in [0, 0.05) is 11.7 Å². The molecule has 0 spiro atoms. The third kappa shape index (κ3) is 2.92. The molecule has 1 heterocycles. The number of para-hydroxylation sites is 1. The highest BCUT2D eigenvalue weighted by Crippen LogP contribution is 2.34. The third-order valence-electron chi connectivity index (χ3n) is 5.45. The third-order valence-corrected chi connectivity index (χ3v) is 5.45. The highest BCUT2D eigenvalue weighted by Gasteiger charge is 2.34. The van der Waals surface area contributed by atoms with Gasteiger partial charge in [-0.1, -0.05) is 30.3 Å². The second-order valence-corrected chi connectivity index (χ2v) is 7.25. The van der Waals surface area contributed by atoms with Gasteiger partial charge in [0.1, 0.15) is 5.75 Å². The van der Waals surface area contributed by atoms with Crippen LogP contribution in [0.4, 0.5) is 5.69 Å². The van der Waals surface area contributed by atoms with Crippen LogP contribution in [-0.4, -0.2) is 18.1 Å². The Morgan fingerprint density at radius 1 is 1.08 bits per heavy atom. The van der Waals surface area contributed by atoms with Gasteiger partial charge in [-0.05, 0) is 74.8 Å². The lowest BCUT2D eigenvalue weighted by Crippen LogP contribution is -2.43. The number of benzene rings is 2. The monoisotopic (exact) mass is 335 g/mol. The van der Waals surface area contributed by atoms with Crippen molar-refractivity contribution in [1.82, 2.24) is 0 Å². The molecule has 0 unspecified atom stereocenters. The van der Waals surface area contributed by atoms with Crippen LogP contribution in [0.3, 0.4) is 0 Å². The number of aryl methyl sites for hydroxylation is 1. The van der Waals surface area contributed by atoms with Gasteiger partial charge >= 0.3 is 0 Å². The number of carbonyl (C=O) groups is 1. The van der Waals surface area contributed by atoms with Gasteiger partial charge < -0.3 is 9.64 Å². The lowest BCUT2D eigenvalue weighted by Gasteiger charge is -2.27. The van der Waals surface area contributed by atoms with Crippen molar-refractivity contribution in [2.75, 3.05) is 4.90 Å². The summed E-state index contributed by atoms with van der Waals surface area (Å²) in [6.45, 7) is 3.98. The highest BCUT2D eigenvalue weighted by atomic mass is 16.5. The second-order valence-electron chi connectivity index (χ2n) is 7.25. The molecular formula is C22H25NO2. The molecule has 0 fully saturated rings. The Labute approximate surface area is 149 Å². The minimum absolute atomic E-state index is 0.0471. The number of amides is 1. The van der Waals surface area contributed by atoms with Gasteiger partial charge in [0.05, 0.1) is 0 Å². The first-order valence-corrected chi connectivity index (χ1v) is 9.33. The predicted octanol–water partition coefficient (Wildman–Crippen LogP) is 4.31. The fourth-order valence-electron chi connectivity index (χ4n) is 4.19. The Bertz CT molecular complexity index is 798. The minimum Gasteiger partial charge on any atom is -0.481 e. The molecule has 0 N–H and O–H groups in total. The van der Waals surface area contributed by atoms with E-state index in [2.05, 4.69) is 19.1 Å². The van der Waals surface area contributed by atoms with E-state index in [0.29, 0.717) is 0 Å². The van der Waals surface area contributed by atoms with Crippen LogP contribution in [0.25, 0.3) is 0 Å². The summed E-state index contributed by atoms with van der Waals surface area (Å²) in [5.74, 6) is 0.934. The van der Waals surface area contributed by atoms with Crippen molar-refractivity contribution in [3.8, 4) is 5.75 Å². The molecule has 2 aromatic rings. The quantitative estimate of drug-likeness (QED) is 0.836. The zero-order valence-corrected chi connectivity index (χ0v) is 15.0. The number of hydrogen-bond donors (Lipinski definition) is 0. The molecular weight excluding hydrogens is 310 g/mol. The number of ether oxygens (including phenoxy) is 1. The van der Waals surface area contributed by atoms with E-state index in [4.69, 9.17) is 4.74 Å². The number of carbonyl (C=O) groups excluding carboxylic acids is 1. The molecule has 2 aromatic carbocycles. The van der Waals surface area contributed by atoms with Crippen LogP contribution in [0, 0.1) is 0 Å². The predicted molar refractivity (Wildman–Crippen MR) is 100 cm³/mol. The van der Waals surface area contributed by atoms with Crippen LogP contribution in [0.1, 0.15) is 43.4 Å².